The third kappa shape index (κ3) is 2.92. The highest BCUT2D eigenvalue weighted by molar-refractivity contribution is 9.10. The first kappa shape index (κ1) is 16.9. The van der Waals surface area contributed by atoms with Crippen LogP contribution in [0, 0.1) is 24.1 Å². The standard InChI is InChI=1S/C16H12BrFN6O/c1-8-11(5-21-15-10(4-19)14(20)22-7-23-15)13(17)12-3-2-9(18)6-24(12)16(8)25/h2-3,6-7H,5H2,1H3,(H3,20,21,22,23). The molecule has 3 aromatic rings. The van der Waals surface area contributed by atoms with Crippen molar-refractivity contribution in [3.63, 3.8) is 0 Å². The number of nitriles is 1. The van der Waals surface area contributed by atoms with E-state index in [1.165, 1.54) is 22.9 Å². The molecule has 25 heavy (non-hydrogen) atoms. The zero-order valence-corrected chi connectivity index (χ0v) is 14.6. The summed E-state index contributed by atoms with van der Waals surface area (Å²) in [6, 6.07) is 4.75. The van der Waals surface area contributed by atoms with E-state index < -0.39 is 5.82 Å². The van der Waals surface area contributed by atoms with Gasteiger partial charge in [0, 0.05) is 22.8 Å². The van der Waals surface area contributed by atoms with Crippen LogP contribution < -0.4 is 16.6 Å². The van der Waals surface area contributed by atoms with Crippen molar-refractivity contribution in [2.45, 2.75) is 13.5 Å². The lowest BCUT2D eigenvalue weighted by Crippen LogP contribution is -2.21. The Morgan fingerprint density at radius 2 is 2.20 bits per heavy atom. The van der Waals surface area contributed by atoms with Gasteiger partial charge in [-0.1, -0.05) is 0 Å². The predicted molar refractivity (Wildman–Crippen MR) is 94.5 cm³/mol. The molecule has 0 spiro atoms. The molecule has 0 aliphatic heterocycles. The number of pyridine rings is 2. The molecule has 3 heterocycles. The maximum Gasteiger partial charge on any atom is 0.258 e. The lowest BCUT2D eigenvalue weighted by Gasteiger charge is -2.14. The molecule has 0 fully saturated rings. The Morgan fingerprint density at radius 3 is 2.92 bits per heavy atom. The van der Waals surface area contributed by atoms with Crippen LogP contribution in [-0.4, -0.2) is 14.4 Å². The van der Waals surface area contributed by atoms with Gasteiger partial charge in [-0.25, -0.2) is 14.4 Å². The van der Waals surface area contributed by atoms with E-state index in [0.717, 1.165) is 6.20 Å². The highest BCUT2D eigenvalue weighted by Crippen LogP contribution is 2.25. The normalized spacial score (nSPS) is 10.6. The fourth-order valence-electron chi connectivity index (χ4n) is 2.48. The van der Waals surface area contributed by atoms with Crippen LogP contribution in [0.5, 0.6) is 0 Å². The van der Waals surface area contributed by atoms with Crippen LogP contribution in [0.25, 0.3) is 5.52 Å². The topological polar surface area (TPSA) is 109 Å². The molecule has 0 unspecified atom stereocenters. The van der Waals surface area contributed by atoms with Crippen molar-refractivity contribution in [1.82, 2.24) is 14.4 Å². The summed E-state index contributed by atoms with van der Waals surface area (Å²) in [4.78, 5) is 20.3. The van der Waals surface area contributed by atoms with Crippen molar-refractivity contribution >= 4 is 33.1 Å². The largest absolute Gasteiger partial charge is 0.382 e. The summed E-state index contributed by atoms with van der Waals surface area (Å²) in [5, 5.41) is 12.2. The minimum atomic E-state index is -0.498. The van der Waals surface area contributed by atoms with Crippen molar-refractivity contribution < 1.29 is 4.39 Å². The second-order valence-corrected chi connectivity index (χ2v) is 6.07. The highest BCUT2D eigenvalue weighted by Gasteiger charge is 2.15. The molecule has 0 aromatic carbocycles. The van der Waals surface area contributed by atoms with Crippen LogP contribution in [0.1, 0.15) is 16.7 Å². The predicted octanol–water partition coefficient (Wildman–Crippen LogP) is 2.37. The summed E-state index contributed by atoms with van der Waals surface area (Å²) in [6.07, 6.45) is 2.39. The average molecular weight is 403 g/mol. The zero-order valence-electron chi connectivity index (χ0n) is 13.0. The van der Waals surface area contributed by atoms with E-state index in [1.807, 2.05) is 6.07 Å². The van der Waals surface area contributed by atoms with Gasteiger partial charge in [0.25, 0.3) is 5.56 Å². The SMILES string of the molecule is Cc1c(CNc2ncnc(N)c2C#N)c(Br)c2ccc(F)cn2c1=O. The van der Waals surface area contributed by atoms with Crippen LogP contribution in [0.4, 0.5) is 16.0 Å². The minimum absolute atomic E-state index is 0.0739. The van der Waals surface area contributed by atoms with E-state index in [-0.39, 0.29) is 29.3 Å². The molecule has 9 heteroatoms. The second-order valence-electron chi connectivity index (χ2n) is 5.27. The molecule has 0 atom stereocenters. The Balaban J connectivity index is 2.06. The van der Waals surface area contributed by atoms with Gasteiger partial charge in [-0.2, -0.15) is 5.26 Å². The van der Waals surface area contributed by atoms with Crippen molar-refractivity contribution in [2.24, 2.45) is 0 Å². The number of fused-ring (bicyclic) bond motifs is 1. The summed E-state index contributed by atoms with van der Waals surface area (Å²) >= 11 is 3.47. The number of rotatable bonds is 3. The van der Waals surface area contributed by atoms with Gasteiger partial charge in [0.05, 0.1) is 5.52 Å². The first-order valence-corrected chi connectivity index (χ1v) is 7.96. The molecule has 0 radical (unpaired) electrons. The Morgan fingerprint density at radius 1 is 1.44 bits per heavy atom. The van der Waals surface area contributed by atoms with Gasteiger partial charge in [-0.15, -0.1) is 0 Å². The third-order valence-corrected chi connectivity index (χ3v) is 4.70. The average Bonchev–Trinajstić information content (AvgIpc) is 2.59. The second kappa shape index (κ2) is 6.49. The Kier molecular flexibility index (Phi) is 4.37. The lowest BCUT2D eigenvalue weighted by atomic mass is 10.1. The molecule has 3 aromatic heterocycles. The van der Waals surface area contributed by atoms with Crippen LogP contribution >= 0.6 is 15.9 Å². The molecule has 0 aliphatic rings. The number of nitrogens with zero attached hydrogens (tertiary/aromatic N) is 4. The summed E-state index contributed by atoms with van der Waals surface area (Å²) in [5.41, 5.74) is 7.14. The molecule has 0 bridgehead atoms. The van der Waals surface area contributed by atoms with E-state index in [2.05, 4.69) is 31.2 Å². The van der Waals surface area contributed by atoms with E-state index in [1.54, 1.807) is 6.92 Å². The van der Waals surface area contributed by atoms with Gasteiger partial charge in [-0.3, -0.25) is 9.20 Å². The Bertz CT molecular complexity index is 1090. The van der Waals surface area contributed by atoms with E-state index >= 15 is 0 Å². The van der Waals surface area contributed by atoms with E-state index in [0.29, 0.717) is 21.1 Å². The van der Waals surface area contributed by atoms with Gasteiger partial charge >= 0.3 is 0 Å². The molecular weight excluding hydrogens is 391 g/mol. The number of nitrogen functional groups attached to an aromatic ring is 1. The van der Waals surface area contributed by atoms with Crippen LogP contribution in [0.15, 0.2) is 33.9 Å². The van der Waals surface area contributed by atoms with Crippen LogP contribution in [-0.2, 0) is 6.54 Å². The van der Waals surface area contributed by atoms with E-state index in [4.69, 9.17) is 11.0 Å². The van der Waals surface area contributed by atoms with E-state index in [9.17, 15) is 9.18 Å². The third-order valence-electron chi connectivity index (χ3n) is 3.82. The molecule has 0 saturated carbocycles. The number of nitrogens with two attached hydrogens (primary N) is 1. The van der Waals surface area contributed by atoms with Crippen LogP contribution in [0.2, 0.25) is 0 Å². The Hall–Kier alpha value is -2.99. The van der Waals surface area contributed by atoms with Crippen molar-refractivity contribution in [3.8, 4) is 6.07 Å². The molecular formula is C16H12BrFN6O. The maximum absolute atomic E-state index is 13.4. The first-order chi connectivity index (χ1) is 11.9. The zero-order chi connectivity index (χ0) is 18.1. The number of nitrogens with one attached hydrogen (secondary N) is 1. The lowest BCUT2D eigenvalue weighted by molar-refractivity contribution is 0.617. The molecule has 0 amide bonds. The molecule has 126 valence electrons. The van der Waals surface area contributed by atoms with Gasteiger partial charge in [0.15, 0.2) is 0 Å². The molecule has 0 saturated heterocycles. The number of anilines is 2. The fraction of sp³-hybridized carbons (Fsp3) is 0.125. The van der Waals surface area contributed by atoms with Gasteiger partial charge in [-0.05, 0) is 40.5 Å². The quantitative estimate of drug-likeness (QED) is 0.695. The molecule has 0 aliphatic carbocycles. The summed E-state index contributed by atoms with van der Waals surface area (Å²) < 4.78 is 15.3. The van der Waals surface area contributed by atoms with Gasteiger partial charge in [0.1, 0.15) is 35.4 Å². The maximum atomic E-state index is 13.4. The summed E-state index contributed by atoms with van der Waals surface area (Å²) in [6.45, 7) is 1.88. The minimum Gasteiger partial charge on any atom is -0.382 e. The number of halogens is 2. The van der Waals surface area contributed by atoms with Gasteiger partial charge < -0.3 is 11.1 Å². The molecule has 7 nitrogen and oxygen atoms in total. The van der Waals surface area contributed by atoms with Crippen LogP contribution in [0.3, 0.4) is 0 Å². The smallest absolute Gasteiger partial charge is 0.258 e. The van der Waals surface area contributed by atoms with Crippen molar-refractivity contribution in [2.75, 3.05) is 11.1 Å². The molecule has 3 rings (SSSR count). The van der Waals surface area contributed by atoms with Gasteiger partial charge in [0.2, 0.25) is 0 Å². The number of aromatic nitrogens is 3. The van der Waals surface area contributed by atoms with Crippen molar-refractivity contribution in [1.29, 1.82) is 5.26 Å². The summed E-state index contributed by atoms with van der Waals surface area (Å²) in [7, 11) is 0. The first-order valence-electron chi connectivity index (χ1n) is 7.17. The monoisotopic (exact) mass is 402 g/mol. The molecule has 3 N–H and O–H groups in total. The summed E-state index contributed by atoms with van der Waals surface area (Å²) in [5.74, 6) is -0.146. The highest BCUT2D eigenvalue weighted by atomic mass is 79.9. The van der Waals surface area contributed by atoms with Crippen molar-refractivity contribution in [3.05, 3.63) is 62.0 Å². The fourth-order valence-corrected chi connectivity index (χ4v) is 3.24. The number of hydrogen-bond donors (Lipinski definition) is 2. The number of hydrogen-bond acceptors (Lipinski definition) is 6. The Labute approximate surface area is 150 Å².